The zero-order valence-electron chi connectivity index (χ0n) is 53.8. The lowest BCUT2D eigenvalue weighted by molar-refractivity contribution is -0.139. The molecule has 556 valence electrons. The SMILES string of the molecule is O=C(CCOCCOCCOCCOCCOCCOCCOCCOCCOCCOCCC(=O)Oc1c(F)c(F)cc(F)c1F)Oc1c(F)c(F)cc(F)c1F.O=C(O)CCOCCOCCOCCOCCOCCOCCOCCOCCOCCOCCC(=O)O. The molecule has 2 aromatic carbocycles. The van der Waals surface area contributed by atoms with E-state index in [4.69, 9.17) is 105 Å². The van der Waals surface area contributed by atoms with Crippen molar-refractivity contribution in [3.63, 3.8) is 0 Å². The molecule has 0 aliphatic heterocycles. The van der Waals surface area contributed by atoms with Crippen molar-refractivity contribution in [1.82, 2.24) is 0 Å². The van der Waals surface area contributed by atoms with E-state index in [-0.39, 0.29) is 91.0 Å². The van der Waals surface area contributed by atoms with Gasteiger partial charge in [0, 0.05) is 12.1 Å². The molecule has 0 amide bonds. The molecule has 2 N–H and O–H groups in total. The molecule has 0 unspecified atom stereocenters. The van der Waals surface area contributed by atoms with Crippen molar-refractivity contribution >= 4 is 23.9 Å². The zero-order valence-corrected chi connectivity index (χ0v) is 53.8. The van der Waals surface area contributed by atoms with E-state index in [0.29, 0.717) is 198 Å². The van der Waals surface area contributed by atoms with Gasteiger partial charge >= 0.3 is 23.9 Å². The molecule has 28 nitrogen and oxygen atoms in total. The lowest BCUT2D eigenvalue weighted by Crippen LogP contribution is -2.16. The summed E-state index contributed by atoms with van der Waals surface area (Å²) in [6.07, 6.45) is -0.842. The van der Waals surface area contributed by atoms with Gasteiger partial charge in [-0.05, 0) is 0 Å². The number of carboxylic acids is 2. The number of aliphatic carboxylic acids is 2. The van der Waals surface area contributed by atoms with E-state index >= 15 is 0 Å². The Morgan fingerprint density at radius 3 is 0.479 bits per heavy atom. The van der Waals surface area contributed by atoms with Crippen molar-refractivity contribution in [1.29, 1.82) is 0 Å². The fourth-order valence-electron chi connectivity index (χ4n) is 6.40. The minimum Gasteiger partial charge on any atom is -0.481 e. The summed E-state index contributed by atoms with van der Waals surface area (Å²) >= 11 is 0. The highest BCUT2D eigenvalue weighted by Crippen LogP contribution is 2.28. The van der Waals surface area contributed by atoms with Gasteiger partial charge < -0.3 is 114 Å². The van der Waals surface area contributed by atoms with E-state index in [1.807, 2.05) is 0 Å². The first-order chi connectivity index (χ1) is 46.6. The number of hydrogen-bond acceptors (Lipinski definition) is 26. The maximum atomic E-state index is 13.5. The van der Waals surface area contributed by atoms with Crippen LogP contribution in [0, 0.1) is 46.5 Å². The second-order valence-corrected chi connectivity index (χ2v) is 18.6. The number of carboxylic acid groups (broad SMARTS) is 2. The van der Waals surface area contributed by atoms with Crippen molar-refractivity contribution in [3.05, 3.63) is 58.7 Å². The first-order valence-corrected chi connectivity index (χ1v) is 30.7. The fraction of sp³-hybridized carbons (Fsp3) is 0.733. The standard InChI is InChI=1S/C36H46F8O14.C24H46O14/c37-25-23-26(38)32(42)35(31(25)41)57-29(45)1-3-47-5-7-49-9-11-51-13-15-53-17-19-55-21-22-56-20-18-54-16-14-52-12-10-50-8-6-48-4-2-30(46)58-36-33(43)27(39)24-28(40)34(36)44;25-23(26)1-3-29-5-7-31-9-11-33-13-15-35-17-19-37-21-22-38-20-18-36-16-14-34-12-10-32-8-6-30-4-2-24(27)28/h23-24H,1-22H2;1-22H2,(H,25,26)(H,27,28). The Balaban J connectivity index is 0.00000105. The van der Waals surface area contributed by atoms with Crippen LogP contribution in [-0.4, -0.2) is 298 Å². The van der Waals surface area contributed by atoms with E-state index in [1.165, 1.54) is 0 Å². The van der Waals surface area contributed by atoms with E-state index < -0.39 is 94.8 Å². The monoisotopic (exact) mass is 1410 g/mol. The van der Waals surface area contributed by atoms with E-state index in [9.17, 15) is 54.3 Å². The number of esters is 2. The maximum absolute atomic E-state index is 13.5. The summed E-state index contributed by atoms with van der Waals surface area (Å²) in [6.45, 7) is 13.4. The lowest BCUT2D eigenvalue weighted by Gasteiger charge is -2.09. The van der Waals surface area contributed by atoms with Gasteiger partial charge in [0.1, 0.15) is 0 Å². The summed E-state index contributed by atoms with van der Waals surface area (Å²) in [7, 11) is 0. The van der Waals surface area contributed by atoms with Gasteiger partial charge in [-0.25, -0.2) is 17.6 Å². The minimum absolute atomic E-state index is 0.00366. The molecule has 0 aliphatic carbocycles. The number of carbonyl (C=O) groups excluding carboxylic acids is 2. The van der Waals surface area contributed by atoms with Crippen molar-refractivity contribution in [3.8, 4) is 11.5 Å². The average Bonchev–Trinajstić information content (AvgIpc) is 0.853. The maximum Gasteiger partial charge on any atom is 0.313 e. The number of rotatable bonds is 68. The second kappa shape index (κ2) is 64.6. The fourth-order valence-corrected chi connectivity index (χ4v) is 6.40. The first-order valence-electron chi connectivity index (χ1n) is 30.7. The third-order valence-electron chi connectivity index (χ3n) is 11.1. The highest BCUT2D eigenvalue weighted by atomic mass is 19.2. The number of hydrogen-bond donors (Lipinski definition) is 2. The summed E-state index contributed by atoms with van der Waals surface area (Å²) in [5.41, 5.74) is 0. The van der Waals surface area contributed by atoms with Crippen molar-refractivity contribution < 1.29 is 169 Å². The van der Waals surface area contributed by atoms with Crippen molar-refractivity contribution in [2.24, 2.45) is 0 Å². The van der Waals surface area contributed by atoms with Crippen LogP contribution in [0.15, 0.2) is 12.1 Å². The number of halogens is 8. The topological polar surface area (TPSA) is 312 Å². The Morgan fingerprint density at radius 2 is 0.344 bits per heavy atom. The number of benzene rings is 2. The van der Waals surface area contributed by atoms with E-state index in [0.717, 1.165) is 0 Å². The van der Waals surface area contributed by atoms with Gasteiger partial charge in [-0.1, -0.05) is 0 Å². The molecule has 0 bridgehead atoms. The zero-order chi connectivity index (χ0) is 70.2. The Morgan fingerprint density at radius 1 is 0.219 bits per heavy atom. The molecule has 0 aliphatic rings. The van der Waals surface area contributed by atoms with Crippen molar-refractivity contribution in [2.75, 3.05) is 264 Å². The Bertz CT molecular complexity index is 2050. The molecule has 0 fully saturated rings. The average molecular weight is 1410 g/mol. The second-order valence-electron chi connectivity index (χ2n) is 18.6. The third-order valence-corrected chi connectivity index (χ3v) is 11.1. The largest absolute Gasteiger partial charge is 0.481 e. The molecule has 0 radical (unpaired) electrons. The van der Waals surface area contributed by atoms with Crippen LogP contribution in [0.1, 0.15) is 25.7 Å². The minimum atomic E-state index is -1.81. The predicted octanol–water partition coefficient (Wildman–Crippen LogP) is 4.36. The molecule has 2 rings (SSSR count). The Hall–Kier alpha value is -5.04. The summed E-state index contributed by atoms with van der Waals surface area (Å²) in [6, 6.07) is 0.00731. The van der Waals surface area contributed by atoms with Crippen LogP contribution in [0.5, 0.6) is 11.5 Å². The number of ether oxygens (including phenoxy) is 22. The number of carbonyl (C=O) groups is 4. The van der Waals surface area contributed by atoms with E-state index in [1.54, 1.807) is 0 Å². The van der Waals surface area contributed by atoms with Gasteiger partial charge in [-0.3, -0.25) is 19.2 Å². The van der Waals surface area contributed by atoms with Crippen LogP contribution in [0.25, 0.3) is 0 Å². The molecule has 2 aromatic rings. The van der Waals surface area contributed by atoms with E-state index in [2.05, 4.69) is 9.47 Å². The van der Waals surface area contributed by atoms with Crippen LogP contribution in [0.2, 0.25) is 0 Å². The molecule has 0 atom stereocenters. The predicted molar refractivity (Wildman–Crippen MR) is 314 cm³/mol. The van der Waals surface area contributed by atoms with Gasteiger partial charge in [0.05, 0.1) is 290 Å². The molecule has 36 heteroatoms. The van der Waals surface area contributed by atoms with Gasteiger partial charge in [0.2, 0.25) is 34.8 Å². The summed E-state index contributed by atoms with van der Waals surface area (Å²) in [5, 5.41) is 16.9. The molecule has 0 aromatic heterocycles. The molecule has 0 heterocycles. The highest BCUT2D eigenvalue weighted by molar-refractivity contribution is 5.73. The van der Waals surface area contributed by atoms with Crippen LogP contribution in [-0.2, 0) is 114 Å². The summed E-state index contributed by atoms with van der Waals surface area (Å²) < 4.78 is 222. The highest BCUT2D eigenvalue weighted by Gasteiger charge is 2.24. The van der Waals surface area contributed by atoms with Crippen LogP contribution >= 0.6 is 0 Å². The first kappa shape index (κ1) is 89.0. The molecule has 0 spiro atoms. The van der Waals surface area contributed by atoms with Gasteiger partial charge in [0.25, 0.3) is 0 Å². The smallest absolute Gasteiger partial charge is 0.313 e. The normalized spacial score (nSPS) is 11.3. The molecular weight excluding hydrogens is 1320 g/mol. The Kier molecular flexibility index (Phi) is 59.9. The summed E-state index contributed by atoms with van der Waals surface area (Å²) in [5.74, 6) is -20.9. The summed E-state index contributed by atoms with van der Waals surface area (Å²) in [4.78, 5) is 43.9. The molecular formula is C60H92F8O28. The van der Waals surface area contributed by atoms with Crippen LogP contribution < -0.4 is 9.47 Å². The lowest BCUT2D eigenvalue weighted by atomic mass is 10.3. The molecule has 0 saturated carbocycles. The van der Waals surface area contributed by atoms with Gasteiger partial charge in [-0.2, -0.15) is 17.6 Å². The molecule has 96 heavy (non-hydrogen) atoms. The Labute approximate surface area is 551 Å². The quantitative estimate of drug-likeness (QED) is 0.0305. The molecule has 0 saturated heterocycles. The van der Waals surface area contributed by atoms with Crippen LogP contribution in [0.4, 0.5) is 35.1 Å². The van der Waals surface area contributed by atoms with Crippen LogP contribution in [0.3, 0.4) is 0 Å². The van der Waals surface area contributed by atoms with Gasteiger partial charge in [0.15, 0.2) is 23.3 Å². The van der Waals surface area contributed by atoms with Crippen molar-refractivity contribution in [2.45, 2.75) is 25.7 Å². The third kappa shape index (κ3) is 53.9. The van der Waals surface area contributed by atoms with Gasteiger partial charge in [-0.15, -0.1) is 0 Å².